The van der Waals surface area contributed by atoms with Gasteiger partial charge in [0.2, 0.25) is 0 Å². The number of morpholine rings is 1. The summed E-state index contributed by atoms with van der Waals surface area (Å²) in [6.45, 7) is 8.55. The van der Waals surface area contributed by atoms with Gasteiger partial charge in [-0.2, -0.15) is 0 Å². The van der Waals surface area contributed by atoms with Crippen molar-refractivity contribution in [2.75, 3.05) is 13.1 Å². The van der Waals surface area contributed by atoms with Crippen molar-refractivity contribution >= 4 is 16.9 Å². The molecule has 4 atom stereocenters. The van der Waals surface area contributed by atoms with E-state index in [-0.39, 0.29) is 12.1 Å². The lowest BCUT2D eigenvalue weighted by molar-refractivity contribution is -0.168. The number of benzene rings is 1. The largest absolute Gasteiger partial charge is 0.460 e. The van der Waals surface area contributed by atoms with Crippen LogP contribution < -0.4 is 0 Å². The number of β-amino-alcohol motifs (C(OH)–C–C–N with tert-alkyl or cyclic N) is 1. The van der Waals surface area contributed by atoms with Crippen molar-refractivity contribution in [2.45, 2.75) is 231 Å². The minimum atomic E-state index is -0.444. The van der Waals surface area contributed by atoms with E-state index in [0.29, 0.717) is 26.1 Å². The van der Waals surface area contributed by atoms with Crippen LogP contribution in [0.15, 0.2) is 30.5 Å². The lowest BCUT2D eigenvalue weighted by atomic mass is 9.99. The molecule has 3 rings (SSSR count). The number of hydrogen-bond acceptors (Lipinski definition) is 5. The van der Waals surface area contributed by atoms with Crippen LogP contribution in [0.5, 0.6) is 0 Å². The molecular formula is C47H82N2O4. The van der Waals surface area contributed by atoms with Gasteiger partial charge < -0.3 is 19.5 Å². The molecule has 0 bridgehead atoms. The normalized spacial score (nSPS) is 17.8. The fraction of sp³-hybridized carbons (Fsp3) is 0.809. The minimum Gasteiger partial charge on any atom is -0.460 e. The van der Waals surface area contributed by atoms with Crippen LogP contribution in [0.1, 0.15) is 200 Å². The Bertz CT molecular complexity index is 1190. The van der Waals surface area contributed by atoms with Crippen molar-refractivity contribution in [1.82, 2.24) is 9.47 Å². The van der Waals surface area contributed by atoms with E-state index in [0.717, 1.165) is 55.0 Å². The Morgan fingerprint density at radius 2 is 1.11 bits per heavy atom. The first-order valence-corrected chi connectivity index (χ1v) is 22.8. The minimum absolute atomic E-state index is 0.109. The number of carbonyl (C=O) groups is 1. The fourth-order valence-corrected chi connectivity index (χ4v) is 8.44. The van der Waals surface area contributed by atoms with Crippen LogP contribution in [0.4, 0.5) is 0 Å². The van der Waals surface area contributed by atoms with Crippen LogP contribution >= 0.6 is 0 Å². The first kappa shape index (κ1) is 45.5. The predicted molar refractivity (Wildman–Crippen MR) is 225 cm³/mol. The maximum Gasteiger partial charge on any atom is 0.324 e. The van der Waals surface area contributed by atoms with E-state index in [2.05, 4.69) is 60.7 Å². The van der Waals surface area contributed by atoms with Gasteiger partial charge in [-0.05, 0) is 37.3 Å². The molecule has 6 heteroatoms. The van der Waals surface area contributed by atoms with Crippen LogP contribution in [-0.2, 0) is 22.5 Å². The second-order valence-corrected chi connectivity index (χ2v) is 16.7. The summed E-state index contributed by atoms with van der Waals surface area (Å²) in [5.41, 5.74) is 2.22. The van der Waals surface area contributed by atoms with E-state index in [1.165, 1.54) is 135 Å². The molecule has 6 nitrogen and oxygen atoms in total. The van der Waals surface area contributed by atoms with Crippen molar-refractivity contribution < 1.29 is 19.7 Å². The summed E-state index contributed by atoms with van der Waals surface area (Å²) in [5, 5.41) is 23.5. The topological polar surface area (TPSA) is 74.9 Å². The standard InChI is InChI=1S/C47H82N2O4/c1-4-7-10-13-16-19-22-25-30-41(50)37-48-36-40(44-33-28-29-34-45(44)48)35-46-47(52)53-43(32-27-24-21-18-15-12-9-6-3)39-49(46)38-42(51)31-26-23-20-17-14-11-8-5-2/h28-29,33-34,36,41-43,46,50-51H,4-27,30-32,35,37-39H2,1-3H3. The van der Waals surface area contributed by atoms with Gasteiger partial charge in [0.25, 0.3) is 0 Å². The molecule has 53 heavy (non-hydrogen) atoms. The molecule has 1 aliphatic rings. The molecule has 1 aliphatic heterocycles. The van der Waals surface area contributed by atoms with Crippen LogP contribution in [0.2, 0.25) is 0 Å². The highest BCUT2D eigenvalue weighted by atomic mass is 16.5. The van der Waals surface area contributed by atoms with Crippen LogP contribution in [0.3, 0.4) is 0 Å². The number of unbranched alkanes of at least 4 members (excludes halogenated alkanes) is 21. The van der Waals surface area contributed by atoms with Gasteiger partial charge in [-0.15, -0.1) is 0 Å². The predicted octanol–water partition coefficient (Wildman–Crippen LogP) is 12.1. The van der Waals surface area contributed by atoms with E-state index in [1.54, 1.807) is 0 Å². The molecule has 0 spiro atoms. The fourth-order valence-electron chi connectivity index (χ4n) is 8.44. The molecule has 2 N–H and O–H groups in total. The number of aliphatic hydroxyl groups is 2. The summed E-state index contributed by atoms with van der Waals surface area (Å²) >= 11 is 0. The summed E-state index contributed by atoms with van der Waals surface area (Å²) in [6, 6.07) is 7.99. The van der Waals surface area contributed by atoms with E-state index in [9.17, 15) is 15.0 Å². The number of aliphatic hydroxyl groups excluding tert-OH is 2. The molecule has 4 unspecified atom stereocenters. The summed E-state index contributed by atoms with van der Waals surface area (Å²) in [7, 11) is 0. The SMILES string of the molecule is CCCCCCCCCCC(O)CN1CC(CCCCCCCCCC)OC(=O)C1Cc1cn(CC(O)CCCCCCCCCC)c2ccccc12. The van der Waals surface area contributed by atoms with E-state index in [4.69, 9.17) is 4.74 Å². The number of carbonyl (C=O) groups excluding carboxylic acids is 1. The molecule has 2 aromatic rings. The Kier molecular flexibility index (Phi) is 24.5. The lowest BCUT2D eigenvalue weighted by Crippen LogP contribution is -2.55. The Morgan fingerprint density at radius 1 is 0.642 bits per heavy atom. The van der Waals surface area contributed by atoms with Crippen molar-refractivity contribution in [3.05, 3.63) is 36.0 Å². The Hall–Kier alpha value is -1.89. The van der Waals surface area contributed by atoms with E-state index >= 15 is 0 Å². The number of ether oxygens (including phenoxy) is 1. The molecule has 1 fully saturated rings. The third-order valence-corrected chi connectivity index (χ3v) is 11.7. The third kappa shape index (κ3) is 18.5. The van der Waals surface area contributed by atoms with E-state index < -0.39 is 18.2 Å². The number of fused-ring (bicyclic) bond motifs is 1. The average Bonchev–Trinajstić information content (AvgIpc) is 3.49. The van der Waals surface area contributed by atoms with Gasteiger partial charge in [-0.3, -0.25) is 9.69 Å². The number of rotatable bonds is 33. The molecule has 0 amide bonds. The molecule has 2 heterocycles. The van der Waals surface area contributed by atoms with Gasteiger partial charge in [0, 0.05) is 43.2 Å². The van der Waals surface area contributed by atoms with Crippen LogP contribution in [-0.4, -0.2) is 63.1 Å². The molecule has 0 aliphatic carbocycles. The van der Waals surface area contributed by atoms with Crippen molar-refractivity contribution in [3.8, 4) is 0 Å². The third-order valence-electron chi connectivity index (χ3n) is 11.7. The Morgan fingerprint density at radius 3 is 1.66 bits per heavy atom. The maximum atomic E-state index is 13.8. The smallest absolute Gasteiger partial charge is 0.324 e. The Balaban J connectivity index is 1.59. The summed E-state index contributed by atoms with van der Waals surface area (Å²) in [5.74, 6) is -0.147. The average molecular weight is 739 g/mol. The first-order chi connectivity index (χ1) is 26.0. The molecule has 304 valence electrons. The van der Waals surface area contributed by atoms with Gasteiger partial charge >= 0.3 is 5.97 Å². The lowest BCUT2D eigenvalue weighted by Gasteiger charge is -2.39. The van der Waals surface area contributed by atoms with Gasteiger partial charge in [0.05, 0.1) is 12.2 Å². The molecule has 1 saturated heterocycles. The Labute approximate surface area is 325 Å². The number of nitrogens with zero attached hydrogens (tertiary/aromatic N) is 2. The van der Waals surface area contributed by atoms with Gasteiger partial charge in [0.1, 0.15) is 12.1 Å². The van der Waals surface area contributed by atoms with Gasteiger partial charge in [-0.25, -0.2) is 0 Å². The molecular weight excluding hydrogens is 657 g/mol. The zero-order chi connectivity index (χ0) is 37.9. The zero-order valence-electron chi connectivity index (χ0n) is 34.7. The number of para-hydroxylation sites is 1. The second-order valence-electron chi connectivity index (χ2n) is 16.7. The second kappa shape index (κ2) is 28.5. The maximum absolute atomic E-state index is 13.8. The quantitative estimate of drug-likeness (QED) is 0.0563. The number of cyclic esters (lactones) is 1. The summed E-state index contributed by atoms with van der Waals surface area (Å²) < 4.78 is 8.36. The molecule has 0 radical (unpaired) electrons. The van der Waals surface area contributed by atoms with Crippen LogP contribution in [0.25, 0.3) is 10.9 Å². The van der Waals surface area contributed by atoms with Gasteiger partial charge in [-0.1, -0.05) is 187 Å². The zero-order valence-corrected chi connectivity index (χ0v) is 34.7. The summed E-state index contributed by atoms with van der Waals surface area (Å²) in [4.78, 5) is 16.1. The number of hydrogen-bond donors (Lipinski definition) is 2. The monoisotopic (exact) mass is 739 g/mol. The highest BCUT2D eigenvalue weighted by Crippen LogP contribution is 2.28. The van der Waals surface area contributed by atoms with Crippen LogP contribution in [0, 0.1) is 0 Å². The van der Waals surface area contributed by atoms with Crippen molar-refractivity contribution in [2.24, 2.45) is 0 Å². The number of esters is 1. The van der Waals surface area contributed by atoms with Crippen molar-refractivity contribution in [1.29, 1.82) is 0 Å². The van der Waals surface area contributed by atoms with E-state index in [1.807, 2.05) is 0 Å². The highest BCUT2D eigenvalue weighted by Gasteiger charge is 2.37. The molecule has 1 aromatic carbocycles. The van der Waals surface area contributed by atoms with Crippen molar-refractivity contribution in [3.63, 3.8) is 0 Å². The molecule has 0 saturated carbocycles. The highest BCUT2D eigenvalue weighted by molar-refractivity contribution is 5.85. The first-order valence-electron chi connectivity index (χ1n) is 22.8. The number of aromatic nitrogens is 1. The molecule has 1 aromatic heterocycles. The van der Waals surface area contributed by atoms with Gasteiger partial charge in [0.15, 0.2) is 0 Å². The summed E-state index contributed by atoms with van der Waals surface area (Å²) in [6.07, 6.45) is 34.5.